The zero-order chi connectivity index (χ0) is 16.8. The number of nitrogens with zero attached hydrogens (tertiary/aromatic N) is 1. The van der Waals surface area contributed by atoms with Gasteiger partial charge in [-0.05, 0) is 67.4 Å². The number of rotatable bonds is 5. The molecule has 3 nitrogen and oxygen atoms in total. The van der Waals surface area contributed by atoms with Crippen molar-refractivity contribution in [3.63, 3.8) is 0 Å². The molecule has 3 rings (SSSR count). The first-order valence-electron chi connectivity index (χ1n) is 7.90. The largest absolute Gasteiger partial charge is 0.457 e. The molecular weight excluding hydrogens is 296 g/mol. The van der Waals surface area contributed by atoms with E-state index in [4.69, 9.17) is 4.74 Å². The Bertz CT molecular complexity index is 821. The van der Waals surface area contributed by atoms with E-state index in [0.717, 1.165) is 28.3 Å². The fourth-order valence-corrected chi connectivity index (χ4v) is 2.23. The molecule has 0 heterocycles. The summed E-state index contributed by atoms with van der Waals surface area (Å²) in [5.41, 5.74) is 7.34. The number of nitrogens with one attached hydrogen (secondary N) is 1. The van der Waals surface area contributed by atoms with Crippen LogP contribution in [0.15, 0.2) is 77.9 Å². The summed E-state index contributed by atoms with van der Waals surface area (Å²) in [5, 5.41) is 4.25. The van der Waals surface area contributed by atoms with E-state index in [9.17, 15) is 0 Å². The zero-order valence-corrected chi connectivity index (χ0v) is 13.9. The van der Waals surface area contributed by atoms with Crippen molar-refractivity contribution < 1.29 is 4.74 Å². The number of para-hydroxylation sites is 1. The molecule has 0 aliphatic rings. The Morgan fingerprint density at radius 3 is 2.25 bits per heavy atom. The molecule has 1 N–H and O–H groups in total. The van der Waals surface area contributed by atoms with Crippen LogP contribution in [0.25, 0.3) is 0 Å². The third kappa shape index (κ3) is 4.23. The van der Waals surface area contributed by atoms with Crippen LogP contribution < -0.4 is 10.2 Å². The van der Waals surface area contributed by atoms with E-state index in [2.05, 4.69) is 29.6 Å². The van der Waals surface area contributed by atoms with Crippen molar-refractivity contribution >= 4 is 11.9 Å². The Morgan fingerprint density at radius 1 is 0.833 bits per heavy atom. The van der Waals surface area contributed by atoms with E-state index in [-0.39, 0.29) is 0 Å². The molecule has 0 amide bonds. The second kappa shape index (κ2) is 7.47. The van der Waals surface area contributed by atoms with Gasteiger partial charge >= 0.3 is 0 Å². The first kappa shape index (κ1) is 15.8. The number of ether oxygens (including phenoxy) is 1. The van der Waals surface area contributed by atoms with Gasteiger partial charge in [-0.2, -0.15) is 5.10 Å². The first-order chi connectivity index (χ1) is 11.7. The van der Waals surface area contributed by atoms with E-state index in [0.29, 0.717) is 0 Å². The smallest absolute Gasteiger partial charge is 0.130 e. The van der Waals surface area contributed by atoms with Gasteiger partial charge in [-0.15, -0.1) is 0 Å². The Labute approximate surface area is 142 Å². The van der Waals surface area contributed by atoms with Crippen molar-refractivity contribution in [1.82, 2.24) is 0 Å². The number of hydrogen-bond donors (Lipinski definition) is 1. The van der Waals surface area contributed by atoms with Crippen LogP contribution in [-0.2, 0) is 0 Å². The summed E-state index contributed by atoms with van der Waals surface area (Å²) in [6.07, 6.45) is 1.79. The number of anilines is 1. The maximum Gasteiger partial charge on any atom is 0.130 e. The lowest BCUT2D eigenvalue weighted by atomic mass is 10.2. The molecular formula is C21H20N2O. The van der Waals surface area contributed by atoms with Gasteiger partial charge in [0.1, 0.15) is 11.5 Å². The topological polar surface area (TPSA) is 33.6 Å². The van der Waals surface area contributed by atoms with E-state index in [1.54, 1.807) is 6.21 Å². The molecule has 0 fully saturated rings. The van der Waals surface area contributed by atoms with Crippen LogP contribution in [-0.4, -0.2) is 6.21 Å². The molecule has 120 valence electrons. The quantitative estimate of drug-likeness (QED) is 0.495. The maximum atomic E-state index is 5.89. The zero-order valence-electron chi connectivity index (χ0n) is 13.9. The minimum Gasteiger partial charge on any atom is -0.457 e. The van der Waals surface area contributed by atoms with Gasteiger partial charge in [0.25, 0.3) is 0 Å². The Hall–Kier alpha value is -3.07. The fraction of sp³-hybridized carbons (Fsp3) is 0.0952. The van der Waals surface area contributed by atoms with Crippen molar-refractivity contribution in [3.05, 3.63) is 89.5 Å². The monoisotopic (exact) mass is 316 g/mol. The van der Waals surface area contributed by atoms with Gasteiger partial charge in [0.15, 0.2) is 0 Å². The van der Waals surface area contributed by atoms with Gasteiger partial charge in [-0.1, -0.05) is 35.9 Å². The number of benzene rings is 3. The normalized spacial score (nSPS) is 10.8. The van der Waals surface area contributed by atoms with Crippen LogP contribution in [0.3, 0.4) is 0 Å². The summed E-state index contributed by atoms with van der Waals surface area (Å²) in [6, 6.07) is 23.9. The Kier molecular flexibility index (Phi) is 4.92. The number of aryl methyl sites for hydroxylation is 2. The van der Waals surface area contributed by atoms with Gasteiger partial charge in [0.05, 0.1) is 11.9 Å². The van der Waals surface area contributed by atoms with Gasteiger partial charge in [-0.25, -0.2) is 0 Å². The van der Waals surface area contributed by atoms with Gasteiger partial charge in [0.2, 0.25) is 0 Å². The van der Waals surface area contributed by atoms with Crippen molar-refractivity contribution in [2.45, 2.75) is 13.8 Å². The van der Waals surface area contributed by atoms with E-state index in [1.807, 2.05) is 67.6 Å². The second-order valence-corrected chi connectivity index (χ2v) is 5.67. The highest BCUT2D eigenvalue weighted by Crippen LogP contribution is 2.24. The summed E-state index contributed by atoms with van der Waals surface area (Å²) in [4.78, 5) is 0. The molecule has 3 heteroatoms. The number of hydrogen-bond acceptors (Lipinski definition) is 3. The third-order valence-electron chi connectivity index (χ3n) is 3.66. The lowest BCUT2D eigenvalue weighted by Gasteiger charge is -2.08. The van der Waals surface area contributed by atoms with Crippen molar-refractivity contribution in [2.24, 2.45) is 5.10 Å². The third-order valence-corrected chi connectivity index (χ3v) is 3.66. The van der Waals surface area contributed by atoms with E-state index < -0.39 is 0 Å². The minimum absolute atomic E-state index is 0.813. The summed E-state index contributed by atoms with van der Waals surface area (Å²) >= 11 is 0. The standard InChI is InChI=1S/C21H20N2O/c1-16-7-11-19(12-8-16)23-22-15-18-9-13-20(14-10-18)24-21-6-4-3-5-17(21)2/h3-15,23H,1-2H3. The molecule has 0 saturated heterocycles. The molecule has 0 aromatic heterocycles. The SMILES string of the molecule is Cc1ccc(NN=Cc2ccc(Oc3ccccc3C)cc2)cc1. The lowest BCUT2D eigenvalue weighted by Crippen LogP contribution is -1.91. The second-order valence-electron chi connectivity index (χ2n) is 5.67. The molecule has 0 bridgehead atoms. The Balaban J connectivity index is 1.61. The maximum absolute atomic E-state index is 5.89. The molecule has 0 radical (unpaired) electrons. The Morgan fingerprint density at radius 2 is 1.54 bits per heavy atom. The van der Waals surface area contributed by atoms with Crippen molar-refractivity contribution in [1.29, 1.82) is 0 Å². The highest BCUT2D eigenvalue weighted by molar-refractivity contribution is 5.80. The van der Waals surface area contributed by atoms with Crippen LogP contribution in [0.4, 0.5) is 5.69 Å². The molecule has 0 aliphatic carbocycles. The van der Waals surface area contributed by atoms with Crippen LogP contribution in [0.5, 0.6) is 11.5 Å². The molecule has 0 saturated carbocycles. The lowest BCUT2D eigenvalue weighted by molar-refractivity contribution is 0.479. The molecule has 24 heavy (non-hydrogen) atoms. The fourth-order valence-electron chi connectivity index (χ4n) is 2.23. The van der Waals surface area contributed by atoms with Crippen molar-refractivity contribution in [2.75, 3.05) is 5.43 Å². The van der Waals surface area contributed by atoms with Gasteiger partial charge < -0.3 is 4.74 Å². The molecule has 3 aromatic carbocycles. The first-order valence-corrected chi connectivity index (χ1v) is 7.90. The van der Waals surface area contributed by atoms with Crippen LogP contribution in [0.2, 0.25) is 0 Å². The summed E-state index contributed by atoms with van der Waals surface area (Å²) in [7, 11) is 0. The van der Waals surface area contributed by atoms with Gasteiger partial charge in [0, 0.05) is 0 Å². The average molecular weight is 316 g/mol. The van der Waals surface area contributed by atoms with Crippen LogP contribution in [0.1, 0.15) is 16.7 Å². The van der Waals surface area contributed by atoms with Crippen LogP contribution in [0, 0.1) is 13.8 Å². The molecule has 0 atom stereocenters. The summed E-state index contributed by atoms with van der Waals surface area (Å²) in [6.45, 7) is 4.10. The summed E-state index contributed by atoms with van der Waals surface area (Å²) < 4.78 is 5.89. The number of hydrazone groups is 1. The van der Waals surface area contributed by atoms with Crippen molar-refractivity contribution in [3.8, 4) is 11.5 Å². The van der Waals surface area contributed by atoms with E-state index >= 15 is 0 Å². The predicted octanol–water partition coefficient (Wildman–Crippen LogP) is 5.54. The molecule has 3 aromatic rings. The summed E-state index contributed by atoms with van der Waals surface area (Å²) in [5.74, 6) is 1.69. The average Bonchev–Trinajstić information content (AvgIpc) is 2.60. The van der Waals surface area contributed by atoms with Gasteiger partial charge in [-0.3, -0.25) is 5.43 Å². The van der Waals surface area contributed by atoms with Crippen LogP contribution >= 0.6 is 0 Å². The highest BCUT2D eigenvalue weighted by atomic mass is 16.5. The highest BCUT2D eigenvalue weighted by Gasteiger charge is 2.00. The predicted molar refractivity (Wildman–Crippen MR) is 100 cm³/mol. The molecule has 0 aliphatic heterocycles. The molecule has 0 unspecified atom stereocenters. The minimum atomic E-state index is 0.813. The molecule has 0 spiro atoms. The van der Waals surface area contributed by atoms with E-state index in [1.165, 1.54) is 5.56 Å².